The van der Waals surface area contributed by atoms with Crippen LogP contribution in [0.2, 0.25) is 0 Å². The van der Waals surface area contributed by atoms with Gasteiger partial charge in [-0.2, -0.15) is 0 Å². The highest BCUT2D eigenvalue weighted by atomic mass is 32.2. The van der Waals surface area contributed by atoms with Crippen LogP contribution in [0, 0.1) is 0 Å². The van der Waals surface area contributed by atoms with Crippen molar-refractivity contribution in [2.75, 3.05) is 0 Å². The van der Waals surface area contributed by atoms with E-state index in [1.165, 1.54) is 0 Å². The molecule has 10 heteroatoms. The Morgan fingerprint density at radius 3 is 1.43 bits per heavy atom. The number of benzene rings is 2. The summed E-state index contributed by atoms with van der Waals surface area (Å²) < 4.78 is 57.8. The van der Waals surface area contributed by atoms with Gasteiger partial charge in [0.15, 0.2) is 0 Å². The van der Waals surface area contributed by atoms with E-state index in [0.717, 1.165) is 73.6 Å². The van der Waals surface area contributed by atoms with Gasteiger partial charge in [-0.1, -0.05) is 37.8 Å². The maximum Gasteiger partial charge on any atom is 0.240 e. The Morgan fingerprint density at radius 1 is 0.629 bits per heavy atom. The monoisotopic (exact) mass is 518 g/mol. The first-order chi connectivity index (χ1) is 16.6. The molecule has 0 amide bonds. The van der Waals surface area contributed by atoms with Gasteiger partial charge in [0.1, 0.15) is 0 Å². The summed E-state index contributed by atoms with van der Waals surface area (Å²) in [4.78, 5) is 0.422. The van der Waals surface area contributed by atoms with Crippen LogP contribution in [0.25, 0.3) is 11.1 Å². The van der Waals surface area contributed by atoms with Crippen molar-refractivity contribution in [3.63, 3.8) is 0 Å². The average molecular weight is 519 g/mol. The lowest BCUT2D eigenvalue weighted by Gasteiger charge is -2.29. The number of hydrogen-bond donors (Lipinski definition) is 4. The van der Waals surface area contributed by atoms with Crippen LogP contribution in [0.4, 0.5) is 0 Å². The van der Waals surface area contributed by atoms with E-state index in [1.54, 1.807) is 24.3 Å². The minimum Gasteiger partial charge on any atom is -0.326 e. The minimum atomic E-state index is -3.70. The third kappa shape index (κ3) is 5.05. The molecule has 0 aliphatic heterocycles. The molecule has 3 aliphatic carbocycles. The van der Waals surface area contributed by atoms with Crippen molar-refractivity contribution in [1.82, 2.24) is 9.44 Å². The maximum absolute atomic E-state index is 13.1. The summed E-state index contributed by atoms with van der Waals surface area (Å²) in [5.74, 6) is 0. The molecule has 6 N–H and O–H groups in total. The lowest BCUT2D eigenvalue weighted by Crippen LogP contribution is -2.49. The van der Waals surface area contributed by atoms with Gasteiger partial charge >= 0.3 is 0 Å². The number of rotatable bonds is 6. The molecule has 2 fully saturated rings. The van der Waals surface area contributed by atoms with Gasteiger partial charge in [0.2, 0.25) is 20.0 Å². The first kappa shape index (κ1) is 24.9. The van der Waals surface area contributed by atoms with Gasteiger partial charge in [0.05, 0.1) is 9.79 Å². The van der Waals surface area contributed by atoms with Crippen molar-refractivity contribution >= 4 is 20.0 Å². The lowest BCUT2D eigenvalue weighted by molar-refractivity contribution is 0.361. The van der Waals surface area contributed by atoms with Crippen LogP contribution in [0.15, 0.2) is 46.2 Å². The highest BCUT2D eigenvalue weighted by molar-refractivity contribution is 7.89. The summed E-state index contributed by atoms with van der Waals surface area (Å²) in [5.41, 5.74) is 15.9. The minimum absolute atomic E-state index is 0.172. The topological polar surface area (TPSA) is 144 Å². The van der Waals surface area contributed by atoms with Crippen LogP contribution in [0.3, 0.4) is 0 Å². The fraction of sp³-hybridized carbons (Fsp3) is 0.520. The third-order valence-electron chi connectivity index (χ3n) is 7.70. The van der Waals surface area contributed by atoms with Gasteiger partial charge in [0, 0.05) is 24.2 Å². The second-order valence-corrected chi connectivity index (χ2v) is 13.6. The Hall–Kier alpha value is -1.82. The molecule has 2 aromatic carbocycles. The molecule has 5 rings (SSSR count). The Morgan fingerprint density at radius 2 is 1.03 bits per heavy atom. The molecule has 0 radical (unpaired) electrons. The predicted molar refractivity (Wildman–Crippen MR) is 136 cm³/mol. The molecule has 0 aromatic heterocycles. The highest BCUT2D eigenvalue weighted by Gasteiger charge is 2.30. The molecular weight excluding hydrogens is 484 g/mol. The van der Waals surface area contributed by atoms with Crippen molar-refractivity contribution in [3.05, 3.63) is 47.5 Å². The second kappa shape index (κ2) is 9.57. The van der Waals surface area contributed by atoms with Crippen LogP contribution in [0.1, 0.15) is 62.5 Å². The van der Waals surface area contributed by atoms with Crippen LogP contribution in [0.5, 0.6) is 0 Å². The number of sulfonamides is 2. The largest absolute Gasteiger partial charge is 0.326 e. The standard InChI is InChI=1S/C25H34N4O4S2/c26-22-5-1-3-7-24(22)28-34(30,31)18-9-11-20-16(14-18)13-17-15-19(10-12-21(17)20)35(32,33)29-25-8-4-2-6-23(25)27/h9-12,14-15,22-25,28-29H,1-8,13,26-27H2/t22-,23-,24-,25-/m1/s1. The van der Waals surface area contributed by atoms with Crippen molar-refractivity contribution in [2.45, 2.75) is 91.7 Å². The van der Waals surface area contributed by atoms with Gasteiger partial charge in [-0.15, -0.1) is 0 Å². The smallest absolute Gasteiger partial charge is 0.240 e. The Balaban J connectivity index is 1.36. The molecule has 0 unspecified atom stereocenters. The number of nitrogens with two attached hydrogens (primary N) is 2. The molecular formula is C25H34N4O4S2. The van der Waals surface area contributed by atoms with E-state index in [-0.39, 0.29) is 34.0 Å². The Bertz CT molecular complexity index is 1230. The zero-order chi connectivity index (χ0) is 24.8. The zero-order valence-electron chi connectivity index (χ0n) is 19.7. The predicted octanol–water partition coefficient (Wildman–Crippen LogP) is 2.35. The van der Waals surface area contributed by atoms with Gasteiger partial charge in [-0.3, -0.25) is 0 Å². The molecule has 4 atom stereocenters. The number of fused-ring (bicyclic) bond motifs is 3. The van der Waals surface area contributed by atoms with E-state index in [0.29, 0.717) is 6.42 Å². The van der Waals surface area contributed by atoms with Crippen molar-refractivity contribution in [1.29, 1.82) is 0 Å². The Labute approximate surface area is 208 Å². The molecule has 0 heterocycles. The molecule has 0 bridgehead atoms. The van der Waals surface area contributed by atoms with Crippen LogP contribution < -0.4 is 20.9 Å². The van der Waals surface area contributed by atoms with Gasteiger partial charge < -0.3 is 11.5 Å². The zero-order valence-corrected chi connectivity index (χ0v) is 21.4. The summed E-state index contributed by atoms with van der Waals surface area (Å²) in [5, 5.41) is 0. The Kier molecular flexibility index (Phi) is 6.80. The van der Waals surface area contributed by atoms with Gasteiger partial charge in [-0.25, -0.2) is 26.3 Å². The average Bonchev–Trinajstić information content (AvgIpc) is 3.19. The maximum atomic E-state index is 13.1. The molecule has 35 heavy (non-hydrogen) atoms. The van der Waals surface area contributed by atoms with E-state index in [9.17, 15) is 16.8 Å². The van der Waals surface area contributed by atoms with Gasteiger partial charge in [0.25, 0.3) is 0 Å². The molecule has 8 nitrogen and oxygen atoms in total. The number of nitrogens with one attached hydrogen (secondary N) is 2. The normalized spacial score (nSPS) is 26.8. The molecule has 2 saturated carbocycles. The highest BCUT2D eigenvalue weighted by Crippen LogP contribution is 2.39. The second-order valence-electron chi connectivity index (χ2n) is 10.2. The van der Waals surface area contributed by atoms with E-state index in [1.807, 2.05) is 12.1 Å². The first-order valence-corrected chi connectivity index (χ1v) is 15.4. The molecule has 0 saturated heterocycles. The molecule has 3 aliphatic rings. The van der Waals surface area contributed by atoms with E-state index >= 15 is 0 Å². The summed E-state index contributed by atoms with van der Waals surface area (Å²) >= 11 is 0. The van der Waals surface area contributed by atoms with Crippen LogP contribution in [-0.4, -0.2) is 41.0 Å². The fourth-order valence-corrected chi connectivity index (χ4v) is 8.39. The first-order valence-electron chi connectivity index (χ1n) is 12.5. The lowest BCUT2D eigenvalue weighted by atomic mass is 9.92. The summed E-state index contributed by atoms with van der Waals surface area (Å²) in [6.45, 7) is 0. The molecule has 0 spiro atoms. The third-order valence-corrected chi connectivity index (χ3v) is 10.7. The van der Waals surface area contributed by atoms with E-state index < -0.39 is 20.0 Å². The number of hydrogen-bond acceptors (Lipinski definition) is 6. The van der Waals surface area contributed by atoms with E-state index in [4.69, 9.17) is 11.5 Å². The SMILES string of the molecule is N[C@@H]1CCCC[C@H]1NS(=O)(=O)c1ccc2c(c1)Cc1cc(S(=O)(=O)N[C@@H]3CCCC[C@H]3N)ccc1-2. The van der Waals surface area contributed by atoms with E-state index in [2.05, 4.69) is 9.44 Å². The van der Waals surface area contributed by atoms with Crippen molar-refractivity contribution < 1.29 is 16.8 Å². The van der Waals surface area contributed by atoms with Gasteiger partial charge in [-0.05, 0) is 78.6 Å². The van der Waals surface area contributed by atoms with Crippen molar-refractivity contribution in [2.24, 2.45) is 11.5 Å². The summed E-state index contributed by atoms with van der Waals surface area (Å²) in [6.07, 6.45) is 7.58. The van der Waals surface area contributed by atoms with Crippen LogP contribution >= 0.6 is 0 Å². The summed E-state index contributed by atoms with van der Waals surface area (Å²) in [6, 6.07) is 9.38. The quantitative estimate of drug-likeness (QED) is 0.394. The molecule has 2 aromatic rings. The summed E-state index contributed by atoms with van der Waals surface area (Å²) in [7, 11) is -7.41. The fourth-order valence-electron chi connectivity index (χ4n) is 5.64. The molecule has 190 valence electrons. The van der Waals surface area contributed by atoms with Crippen molar-refractivity contribution in [3.8, 4) is 11.1 Å². The van der Waals surface area contributed by atoms with Crippen LogP contribution in [-0.2, 0) is 26.5 Å².